The summed E-state index contributed by atoms with van der Waals surface area (Å²) >= 11 is 2.93. The van der Waals surface area contributed by atoms with E-state index in [4.69, 9.17) is 0 Å². The molecule has 0 aromatic carbocycles. The minimum absolute atomic E-state index is 0. The molecule has 4 aliphatic carbocycles. The van der Waals surface area contributed by atoms with Gasteiger partial charge in [0.15, 0.2) is 0 Å². The molecule has 0 aliphatic heterocycles. The van der Waals surface area contributed by atoms with Crippen molar-refractivity contribution in [1.29, 1.82) is 0 Å². The second-order valence-electron chi connectivity index (χ2n) is 12.5. The van der Waals surface area contributed by atoms with Crippen molar-refractivity contribution >= 4 is 37.8 Å². The number of halogens is 1. The molecule has 4 heteroatoms. The first-order chi connectivity index (χ1) is 13.3. The fourth-order valence-corrected chi connectivity index (χ4v) is 24.5. The first kappa shape index (κ1) is 37.2. The van der Waals surface area contributed by atoms with Gasteiger partial charge in [0.25, 0.3) is 0 Å². The van der Waals surface area contributed by atoms with Gasteiger partial charge in [0.1, 0.15) is 0 Å². The normalized spacial score (nSPS) is 37.3. The van der Waals surface area contributed by atoms with Gasteiger partial charge in [-0.25, -0.2) is 0 Å². The van der Waals surface area contributed by atoms with Gasteiger partial charge in [0, 0.05) is 19.1 Å². The van der Waals surface area contributed by atoms with Gasteiger partial charge < -0.3 is 29.7 Å². The van der Waals surface area contributed by atoms with E-state index in [9.17, 15) is 0 Å². The van der Waals surface area contributed by atoms with Crippen LogP contribution in [0.1, 0.15) is 84.0 Å². The first-order valence-corrected chi connectivity index (χ1v) is 21.3. The zero-order valence-corrected chi connectivity index (χ0v) is 30.6. The molecule has 0 saturated heterocycles. The standard InChI is InChI=1S/C25H47ISi2.4CH3.Zr/c1-6-7-9-18-12-13-20(16-18)27(2,3)28(4,5)24-15-14-22-23(24)17-19-10-8-11-21(19)25(22)26;;;;;/h18-25H,6-17H2,1-5H3;4*1H3;/q;4*-1;+4. The van der Waals surface area contributed by atoms with Gasteiger partial charge in [-0.3, -0.25) is 0 Å². The molecule has 0 amide bonds. The van der Waals surface area contributed by atoms with Crippen molar-refractivity contribution in [1.82, 2.24) is 0 Å². The van der Waals surface area contributed by atoms with E-state index in [1.165, 1.54) is 24.8 Å². The summed E-state index contributed by atoms with van der Waals surface area (Å²) in [5.41, 5.74) is 2.33. The van der Waals surface area contributed by atoms with E-state index in [0.29, 0.717) is 0 Å². The van der Waals surface area contributed by atoms with Gasteiger partial charge in [-0.1, -0.05) is 113 Å². The molecule has 8 atom stereocenters. The summed E-state index contributed by atoms with van der Waals surface area (Å²) in [6.07, 6.45) is 18.7. The summed E-state index contributed by atoms with van der Waals surface area (Å²) in [5, 5.41) is 0. The Morgan fingerprint density at radius 3 is 2.03 bits per heavy atom. The molecule has 0 N–H and O–H groups in total. The van der Waals surface area contributed by atoms with Crippen LogP contribution in [0.25, 0.3) is 0 Å². The zero-order chi connectivity index (χ0) is 20.1. The summed E-state index contributed by atoms with van der Waals surface area (Å²) in [7, 11) is -2.31. The van der Waals surface area contributed by atoms with Crippen molar-refractivity contribution in [2.75, 3.05) is 0 Å². The van der Waals surface area contributed by atoms with Gasteiger partial charge in [-0.2, -0.15) is 0 Å². The molecule has 4 aliphatic rings. The van der Waals surface area contributed by atoms with Gasteiger partial charge in [-0.15, -0.1) is 0 Å². The number of alkyl halides is 1. The van der Waals surface area contributed by atoms with Crippen LogP contribution in [0.15, 0.2) is 0 Å². The van der Waals surface area contributed by atoms with E-state index in [2.05, 4.69) is 55.7 Å². The van der Waals surface area contributed by atoms with Crippen LogP contribution >= 0.6 is 22.6 Å². The van der Waals surface area contributed by atoms with Crippen LogP contribution in [-0.4, -0.2) is 19.1 Å². The van der Waals surface area contributed by atoms with Crippen LogP contribution in [0.4, 0.5) is 0 Å². The fraction of sp³-hybridized carbons (Fsp3) is 0.862. The Labute approximate surface area is 246 Å². The molecule has 33 heavy (non-hydrogen) atoms. The van der Waals surface area contributed by atoms with E-state index in [1.807, 2.05) is 0 Å². The first-order valence-electron chi connectivity index (χ1n) is 12.9. The Morgan fingerprint density at radius 1 is 0.727 bits per heavy atom. The molecule has 0 aromatic rings. The molecular weight excluding hydrogens is 623 g/mol. The Balaban J connectivity index is 0. The third kappa shape index (κ3) is 6.93. The molecule has 0 nitrogen and oxygen atoms in total. The summed E-state index contributed by atoms with van der Waals surface area (Å²) in [5.74, 6) is 5.54. The maximum atomic E-state index is 2.93. The third-order valence-corrected chi connectivity index (χ3v) is 33.7. The van der Waals surface area contributed by atoms with Crippen molar-refractivity contribution in [3.05, 3.63) is 29.7 Å². The minimum atomic E-state index is -1.17. The van der Waals surface area contributed by atoms with Crippen LogP contribution in [0.5, 0.6) is 0 Å². The minimum Gasteiger partial charge on any atom is -0.358 e. The molecule has 4 rings (SSSR count). The van der Waals surface area contributed by atoms with Crippen molar-refractivity contribution in [2.45, 2.75) is 125 Å². The average Bonchev–Trinajstić information content (AvgIpc) is 3.39. The molecule has 194 valence electrons. The molecule has 4 fully saturated rings. The molecule has 0 spiro atoms. The predicted molar refractivity (Wildman–Crippen MR) is 164 cm³/mol. The number of rotatable bonds is 6. The average molecular weight is 682 g/mol. The number of hydrogen-bond acceptors (Lipinski definition) is 0. The Kier molecular flexibility index (Phi) is 16.7. The third-order valence-electron chi connectivity index (χ3n) is 11.1. The van der Waals surface area contributed by atoms with Crippen molar-refractivity contribution < 1.29 is 26.2 Å². The Morgan fingerprint density at radius 2 is 1.39 bits per heavy atom. The van der Waals surface area contributed by atoms with Crippen molar-refractivity contribution in [2.24, 2.45) is 29.6 Å². The molecule has 4 saturated carbocycles. The molecular formula is C29H59ISi2Zr. The summed E-state index contributed by atoms with van der Waals surface area (Å²) < 4.78 is 1.02. The largest absolute Gasteiger partial charge is 4.00 e. The number of fused-ring (bicyclic) bond motifs is 2. The molecule has 0 aromatic heterocycles. The van der Waals surface area contributed by atoms with Gasteiger partial charge >= 0.3 is 26.2 Å². The van der Waals surface area contributed by atoms with Crippen LogP contribution in [-0.2, 0) is 26.2 Å². The van der Waals surface area contributed by atoms with E-state index in [-0.39, 0.29) is 55.9 Å². The number of hydrogen-bond donors (Lipinski definition) is 0. The fourth-order valence-electron chi connectivity index (χ4n) is 8.66. The maximum Gasteiger partial charge on any atom is 4.00 e. The Hall–Kier alpha value is 2.05. The smallest absolute Gasteiger partial charge is 0.358 e. The summed E-state index contributed by atoms with van der Waals surface area (Å²) in [4.78, 5) is 0. The van der Waals surface area contributed by atoms with Crippen LogP contribution in [0.3, 0.4) is 0 Å². The van der Waals surface area contributed by atoms with E-state index in [0.717, 1.165) is 39.1 Å². The molecule has 0 heterocycles. The summed E-state index contributed by atoms with van der Waals surface area (Å²) in [6.45, 7) is 13.9. The van der Waals surface area contributed by atoms with Crippen LogP contribution < -0.4 is 0 Å². The van der Waals surface area contributed by atoms with E-state index in [1.54, 1.807) is 57.8 Å². The van der Waals surface area contributed by atoms with E-state index >= 15 is 0 Å². The quantitative estimate of drug-likeness (QED) is 0.113. The SMILES string of the molecule is CCCCC1CCC([Si](C)(C)[Si](C)(C)C2CCC3C(I)C4CCCC4CC32)C1.[CH3-].[CH3-].[CH3-].[CH3-].[Zr+4]. The van der Waals surface area contributed by atoms with Gasteiger partial charge in [-0.05, 0) is 59.9 Å². The van der Waals surface area contributed by atoms with Gasteiger partial charge in [0.05, 0.1) is 0 Å². The van der Waals surface area contributed by atoms with Crippen LogP contribution in [0.2, 0.25) is 37.3 Å². The molecule has 0 radical (unpaired) electrons. The Bertz CT molecular complexity index is 552. The second kappa shape index (κ2) is 14.8. The van der Waals surface area contributed by atoms with Crippen molar-refractivity contribution in [3.8, 4) is 0 Å². The summed E-state index contributed by atoms with van der Waals surface area (Å²) in [6, 6.07) is 0. The monoisotopic (exact) mass is 680 g/mol. The predicted octanol–water partition coefficient (Wildman–Crippen LogP) is 10.7. The topological polar surface area (TPSA) is 0 Å². The van der Waals surface area contributed by atoms with Gasteiger partial charge in [0.2, 0.25) is 0 Å². The van der Waals surface area contributed by atoms with Crippen molar-refractivity contribution in [3.63, 3.8) is 0 Å². The molecule has 0 bridgehead atoms. The van der Waals surface area contributed by atoms with E-state index < -0.39 is 15.2 Å². The second-order valence-corrected chi connectivity index (χ2v) is 30.1. The maximum absolute atomic E-state index is 2.93. The van der Waals surface area contributed by atoms with Crippen LogP contribution in [0, 0.1) is 59.3 Å². The number of unbranched alkanes of at least 4 members (excludes halogenated alkanes) is 1. The molecule has 8 unspecified atom stereocenters. The zero-order valence-electron chi connectivity index (χ0n) is 24.0.